The minimum absolute atomic E-state index is 0.0895. The van der Waals surface area contributed by atoms with Crippen molar-refractivity contribution in [1.29, 1.82) is 0 Å². The Kier molecular flexibility index (Phi) is 5.17. The van der Waals surface area contributed by atoms with Crippen LogP contribution in [0.3, 0.4) is 0 Å². The summed E-state index contributed by atoms with van der Waals surface area (Å²) in [5.74, 6) is 5.43. The van der Waals surface area contributed by atoms with Gasteiger partial charge in [-0.15, -0.1) is 0 Å². The zero-order valence-electron chi connectivity index (χ0n) is 11.5. The number of hydrazine groups is 1. The molecule has 0 radical (unpaired) electrons. The number of anilines is 1. The number of carbonyl (C=O) groups is 1. The third-order valence-corrected chi connectivity index (χ3v) is 3.64. The quantitative estimate of drug-likeness (QED) is 0.562. The number of aromatic nitrogens is 1. The smallest absolute Gasteiger partial charge is 0.253 e. The Morgan fingerprint density at radius 3 is 2.85 bits per heavy atom. The van der Waals surface area contributed by atoms with E-state index in [2.05, 4.69) is 20.6 Å². The van der Waals surface area contributed by atoms with Crippen LogP contribution >= 0.6 is 11.6 Å². The van der Waals surface area contributed by atoms with Gasteiger partial charge in [-0.25, -0.2) is 10.8 Å². The molecule has 0 aliphatic carbocycles. The second-order valence-electron chi connectivity index (χ2n) is 5.08. The molecule has 7 heteroatoms. The lowest BCUT2D eigenvalue weighted by molar-refractivity contribution is 0.0931. The van der Waals surface area contributed by atoms with Gasteiger partial charge in [0.15, 0.2) is 5.82 Å². The van der Waals surface area contributed by atoms with Gasteiger partial charge in [-0.05, 0) is 38.9 Å². The normalized spacial score (nSPS) is 16.9. The van der Waals surface area contributed by atoms with Gasteiger partial charge in [0, 0.05) is 18.8 Å². The third kappa shape index (κ3) is 3.82. The van der Waals surface area contributed by atoms with Crippen molar-refractivity contribution >= 4 is 23.3 Å². The number of nitrogens with zero attached hydrogens (tertiary/aromatic N) is 2. The molecule has 1 aromatic rings. The number of carbonyl (C=O) groups excluding carboxylic acids is 1. The highest BCUT2D eigenvalue weighted by atomic mass is 35.5. The van der Waals surface area contributed by atoms with E-state index in [1.54, 1.807) is 6.07 Å². The molecule has 4 N–H and O–H groups in total. The maximum Gasteiger partial charge on any atom is 0.253 e. The highest BCUT2D eigenvalue weighted by molar-refractivity contribution is 6.33. The molecule has 1 unspecified atom stereocenters. The molecule has 0 spiro atoms. The van der Waals surface area contributed by atoms with Gasteiger partial charge in [-0.2, -0.15) is 0 Å². The van der Waals surface area contributed by atoms with Crippen LogP contribution in [-0.4, -0.2) is 41.5 Å². The molecule has 1 aliphatic heterocycles. The van der Waals surface area contributed by atoms with Gasteiger partial charge >= 0.3 is 0 Å². The molecule has 2 rings (SSSR count). The van der Waals surface area contributed by atoms with Crippen LogP contribution in [0.1, 0.15) is 30.1 Å². The van der Waals surface area contributed by atoms with Crippen LogP contribution in [0.4, 0.5) is 5.82 Å². The first-order valence-electron chi connectivity index (χ1n) is 6.75. The predicted octanol–water partition coefficient (Wildman–Crippen LogP) is 1.23. The van der Waals surface area contributed by atoms with Crippen molar-refractivity contribution in [3.8, 4) is 0 Å². The maximum absolute atomic E-state index is 12.1. The molecule has 1 aliphatic rings. The molecular weight excluding hydrogens is 278 g/mol. The predicted molar refractivity (Wildman–Crippen MR) is 79.7 cm³/mol. The Balaban J connectivity index is 1.91. The monoisotopic (exact) mass is 297 g/mol. The summed E-state index contributed by atoms with van der Waals surface area (Å²) in [6.07, 6.45) is 3.94. The van der Waals surface area contributed by atoms with E-state index in [0.717, 1.165) is 19.6 Å². The molecule has 6 nitrogen and oxygen atoms in total. The Morgan fingerprint density at radius 2 is 2.25 bits per heavy atom. The summed E-state index contributed by atoms with van der Waals surface area (Å²) in [6, 6.07) is 1.65. The summed E-state index contributed by atoms with van der Waals surface area (Å²) in [5.41, 5.74) is 2.80. The zero-order valence-corrected chi connectivity index (χ0v) is 12.3. The number of hydrogen-bond acceptors (Lipinski definition) is 5. The van der Waals surface area contributed by atoms with Crippen LogP contribution in [0, 0.1) is 0 Å². The summed E-state index contributed by atoms with van der Waals surface area (Å²) in [6.45, 7) is 5.10. The second-order valence-corrected chi connectivity index (χ2v) is 5.49. The van der Waals surface area contributed by atoms with Gasteiger partial charge in [0.05, 0.1) is 10.6 Å². The number of nitrogens with one attached hydrogen (secondary N) is 2. The van der Waals surface area contributed by atoms with Crippen molar-refractivity contribution < 1.29 is 4.79 Å². The lowest BCUT2D eigenvalue weighted by atomic mass is 10.2. The molecule has 2 heterocycles. The van der Waals surface area contributed by atoms with E-state index in [1.165, 1.54) is 19.0 Å². The summed E-state index contributed by atoms with van der Waals surface area (Å²) in [5, 5.41) is 3.28. The van der Waals surface area contributed by atoms with E-state index in [9.17, 15) is 4.79 Å². The molecule has 1 amide bonds. The van der Waals surface area contributed by atoms with Gasteiger partial charge in [-0.3, -0.25) is 4.79 Å². The van der Waals surface area contributed by atoms with E-state index in [4.69, 9.17) is 17.4 Å². The Morgan fingerprint density at radius 1 is 1.55 bits per heavy atom. The van der Waals surface area contributed by atoms with Gasteiger partial charge < -0.3 is 15.6 Å². The molecule has 1 saturated heterocycles. The number of hydrogen-bond donors (Lipinski definition) is 3. The number of pyridine rings is 1. The summed E-state index contributed by atoms with van der Waals surface area (Å²) >= 11 is 5.95. The molecule has 110 valence electrons. The SMILES string of the molecule is CC(CN1CCCC1)NC(=O)c1cnc(NN)c(Cl)c1. The fraction of sp³-hybridized carbons (Fsp3) is 0.538. The van der Waals surface area contributed by atoms with Crippen molar-refractivity contribution in [2.75, 3.05) is 25.1 Å². The molecule has 1 aromatic heterocycles. The minimum atomic E-state index is -0.172. The molecule has 0 bridgehead atoms. The average Bonchev–Trinajstić information content (AvgIpc) is 2.91. The van der Waals surface area contributed by atoms with Crippen molar-refractivity contribution in [2.24, 2.45) is 5.84 Å². The number of likely N-dealkylation sites (tertiary alicyclic amines) is 1. The van der Waals surface area contributed by atoms with Crippen LogP contribution in [0.5, 0.6) is 0 Å². The third-order valence-electron chi connectivity index (χ3n) is 3.35. The minimum Gasteiger partial charge on any atom is -0.348 e. The van der Waals surface area contributed by atoms with Crippen molar-refractivity contribution in [2.45, 2.75) is 25.8 Å². The first-order valence-corrected chi connectivity index (χ1v) is 7.13. The van der Waals surface area contributed by atoms with Crippen LogP contribution < -0.4 is 16.6 Å². The van der Waals surface area contributed by atoms with E-state index >= 15 is 0 Å². The fourth-order valence-corrected chi connectivity index (χ4v) is 2.59. The highest BCUT2D eigenvalue weighted by Gasteiger charge is 2.17. The number of amides is 1. The van der Waals surface area contributed by atoms with Gasteiger partial charge in [-0.1, -0.05) is 11.6 Å². The Bertz CT molecular complexity index is 476. The van der Waals surface area contributed by atoms with E-state index < -0.39 is 0 Å². The number of nitrogens with two attached hydrogens (primary N) is 1. The first kappa shape index (κ1) is 15.0. The topological polar surface area (TPSA) is 83.3 Å². The largest absolute Gasteiger partial charge is 0.348 e. The van der Waals surface area contributed by atoms with E-state index in [0.29, 0.717) is 16.4 Å². The van der Waals surface area contributed by atoms with Gasteiger partial charge in [0.1, 0.15) is 0 Å². The first-order chi connectivity index (χ1) is 9.60. The molecule has 1 fully saturated rings. The number of rotatable bonds is 5. The standard InChI is InChI=1S/C13H20ClN5O/c1-9(8-19-4-2-3-5-19)17-13(20)10-6-11(14)12(18-15)16-7-10/h6-7,9H,2-5,8,15H2,1H3,(H,16,18)(H,17,20). The molecular formula is C13H20ClN5O. The van der Waals surface area contributed by atoms with Gasteiger partial charge in [0.2, 0.25) is 0 Å². The van der Waals surface area contributed by atoms with Crippen LogP contribution in [0.25, 0.3) is 0 Å². The van der Waals surface area contributed by atoms with Gasteiger partial charge in [0.25, 0.3) is 5.91 Å². The van der Waals surface area contributed by atoms with E-state index in [-0.39, 0.29) is 11.9 Å². The second kappa shape index (κ2) is 6.88. The molecule has 1 atom stereocenters. The Labute approximate surface area is 123 Å². The highest BCUT2D eigenvalue weighted by Crippen LogP contribution is 2.19. The summed E-state index contributed by atoms with van der Waals surface area (Å²) in [4.78, 5) is 18.4. The summed E-state index contributed by atoms with van der Waals surface area (Å²) < 4.78 is 0. The molecule has 20 heavy (non-hydrogen) atoms. The molecule has 0 saturated carbocycles. The lowest BCUT2D eigenvalue weighted by Gasteiger charge is -2.21. The van der Waals surface area contributed by atoms with Crippen molar-refractivity contribution in [3.63, 3.8) is 0 Å². The number of halogens is 1. The van der Waals surface area contributed by atoms with Crippen molar-refractivity contribution in [1.82, 2.24) is 15.2 Å². The fourth-order valence-electron chi connectivity index (χ4n) is 2.37. The zero-order chi connectivity index (χ0) is 14.5. The number of nitrogen functional groups attached to an aromatic ring is 1. The Hall–Kier alpha value is -1.37. The van der Waals surface area contributed by atoms with E-state index in [1.807, 2.05) is 6.92 Å². The molecule has 0 aromatic carbocycles. The van der Waals surface area contributed by atoms with Crippen LogP contribution in [0.15, 0.2) is 12.3 Å². The van der Waals surface area contributed by atoms with Crippen LogP contribution in [-0.2, 0) is 0 Å². The lowest BCUT2D eigenvalue weighted by Crippen LogP contribution is -2.41. The van der Waals surface area contributed by atoms with Crippen LogP contribution in [0.2, 0.25) is 5.02 Å². The van der Waals surface area contributed by atoms with Crippen molar-refractivity contribution in [3.05, 3.63) is 22.8 Å². The summed E-state index contributed by atoms with van der Waals surface area (Å²) in [7, 11) is 0. The average molecular weight is 298 g/mol. The maximum atomic E-state index is 12.1.